The molecule has 5 nitrogen and oxygen atoms in total. The number of carbonyl (C=O) groups excluding carboxylic acids is 1. The Hall–Kier alpha value is -2.43. The minimum absolute atomic E-state index is 0.0338. The van der Waals surface area contributed by atoms with Gasteiger partial charge in [0.25, 0.3) is 5.91 Å². The van der Waals surface area contributed by atoms with Crippen molar-refractivity contribution in [1.82, 2.24) is 15.3 Å². The normalized spacial score (nSPS) is 18.0. The molecule has 0 radical (unpaired) electrons. The van der Waals surface area contributed by atoms with Gasteiger partial charge >= 0.3 is 0 Å². The van der Waals surface area contributed by atoms with Crippen LogP contribution in [0.5, 0.6) is 5.75 Å². The lowest BCUT2D eigenvalue weighted by molar-refractivity contribution is 0.0931. The first-order valence-electron chi connectivity index (χ1n) is 8.51. The van der Waals surface area contributed by atoms with Crippen LogP contribution in [0.3, 0.4) is 0 Å². The first-order chi connectivity index (χ1) is 11.7. The number of nitrogens with one attached hydrogen (secondary N) is 1. The third-order valence-corrected chi connectivity index (χ3v) is 4.73. The fourth-order valence-electron chi connectivity index (χ4n) is 2.95. The molecule has 2 aliphatic rings. The van der Waals surface area contributed by atoms with Gasteiger partial charge in [0.05, 0.1) is 18.7 Å². The highest BCUT2D eigenvalue weighted by Gasteiger charge is 2.34. The maximum atomic E-state index is 12.6. The zero-order valence-electron chi connectivity index (χ0n) is 13.7. The molecule has 24 heavy (non-hydrogen) atoms. The van der Waals surface area contributed by atoms with Gasteiger partial charge in [-0.2, -0.15) is 0 Å². The van der Waals surface area contributed by atoms with Gasteiger partial charge in [-0.1, -0.05) is 12.1 Å². The quantitative estimate of drug-likeness (QED) is 0.886. The maximum Gasteiger partial charge on any atom is 0.254 e. The Morgan fingerprint density at radius 2 is 1.79 bits per heavy atom. The SMILES string of the molecule is COc1ccc([C@H](NC(=O)c2cnc(C3CC3)nc2)C2CC2)cc1. The summed E-state index contributed by atoms with van der Waals surface area (Å²) in [6.07, 6.45) is 7.91. The Morgan fingerprint density at radius 1 is 1.12 bits per heavy atom. The van der Waals surface area contributed by atoms with Crippen LogP contribution in [0.1, 0.15) is 59.4 Å². The second-order valence-electron chi connectivity index (χ2n) is 6.67. The summed E-state index contributed by atoms with van der Waals surface area (Å²) in [5, 5.41) is 3.15. The first kappa shape index (κ1) is 15.1. The van der Waals surface area contributed by atoms with Crippen LogP contribution in [0, 0.1) is 5.92 Å². The van der Waals surface area contributed by atoms with Crippen LogP contribution in [0.2, 0.25) is 0 Å². The lowest BCUT2D eigenvalue weighted by Crippen LogP contribution is -2.30. The third-order valence-electron chi connectivity index (χ3n) is 4.73. The number of nitrogens with zero attached hydrogens (tertiary/aromatic N) is 2. The van der Waals surface area contributed by atoms with Crippen LogP contribution in [0.4, 0.5) is 0 Å². The van der Waals surface area contributed by atoms with Gasteiger partial charge in [-0.25, -0.2) is 9.97 Å². The monoisotopic (exact) mass is 323 g/mol. The number of methoxy groups -OCH3 is 1. The molecule has 0 saturated heterocycles. The van der Waals surface area contributed by atoms with Crippen molar-refractivity contribution in [2.24, 2.45) is 5.92 Å². The molecule has 1 aromatic heterocycles. The molecule has 2 saturated carbocycles. The molecule has 2 fully saturated rings. The summed E-state index contributed by atoms with van der Waals surface area (Å²) in [6, 6.07) is 7.95. The fraction of sp³-hybridized carbons (Fsp3) is 0.421. The topological polar surface area (TPSA) is 64.1 Å². The van der Waals surface area contributed by atoms with E-state index < -0.39 is 0 Å². The summed E-state index contributed by atoms with van der Waals surface area (Å²) in [4.78, 5) is 21.2. The number of hydrogen-bond donors (Lipinski definition) is 1. The maximum absolute atomic E-state index is 12.6. The van der Waals surface area contributed by atoms with Gasteiger partial charge in [0.15, 0.2) is 0 Å². The minimum Gasteiger partial charge on any atom is -0.497 e. The highest BCUT2D eigenvalue weighted by atomic mass is 16.5. The zero-order chi connectivity index (χ0) is 16.5. The van der Waals surface area contributed by atoms with Gasteiger partial charge < -0.3 is 10.1 Å². The number of ether oxygens (including phenoxy) is 1. The molecule has 1 atom stereocenters. The predicted molar refractivity (Wildman–Crippen MR) is 89.9 cm³/mol. The lowest BCUT2D eigenvalue weighted by Gasteiger charge is -2.19. The van der Waals surface area contributed by atoms with E-state index in [0.29, 0.717) is 17.4 Å². The highest BCUT2D eigenvalue weighted by Crippen LogP contribution is 2.41. The van der Waals surface area contributed by atoms with Crippen molar-refractivity contribution in [3.63, 3.8) is 0 Å². The Labute approximate surface area is 141 Å². The zero-order valence-corrected chi connectivity index (χ0v) is 13.7. The van der Waals surface area contributed by atoms with Crippen LogP contribution in [0.15, 0.2) is 36.7 Å². The van der Waals surface area contributed by atoms with E-state index in [1.165, 1.54) is 0 Å². The smallest absolute Gasteiger partial charge is 0.254 e. The van der Waals surface area contributed by atoms with E-state index in [1.54, 1.807) is 19.5 Å². The van der Waals surface area contributed by atoms with E-state index in [4.69, 9.17) is 4.74 Å². The van der Waals surface area contributed by atoms with Crippen molar-refractivity contribution < 1.29 is 9.53 Å². The lowest BCUT2D eigenvalue weighted by atomic mass is 10.0. The molecule has 0 spiro atoms. The summed E-state index contributed by atoms with van der Waals surface area (Å²) >= 11 is 0. The van der Waals surface area contributed by atoms with Crippen LogP contribution in [-0.2, 0) is 0 Å². The molecule has 5 heteroatoms. The summed E-state index contributed by atoms with van der Waals surface area (Å²) in [6.45, 7) is 0. The molecular formula is C19H21N3O2. The number of aromatic nitrogens is 2. The average molecular weight is 323 g/mol. The van der Waals surface area contributed by atoms with E-state index in [9.17, 15) is 4.79 Å². The molecule has 2 aromatic rings. The van der Waals surface area contributed by atoms with E-state index in [2.05, 4.69) is 15.3 Å². The van der Waals surface area contributed by atoms with Crippen LogP contribution < -0.4 is 10.1 Å². The summed E-state index contributed by atoms with van der Waals surface area (Å²) in [5.74, 6) is 2.59. The fourth-order valence-corrected chi connectivity index (χ4v) is 2.95. The van der Waals surface area contributed by atoms with Gasteiger partial charge in [0, 0.05) is 18.3 Å². The van der Waals surface area contributed by atoms with Gasteiger partial charge in [0.1, 0.15) is 11.6 Å². The molecule has 1 amide bonds. The number of rotatable bonds is 6. The van der Waals surface area contributed by atoms with Gasteiger partial charge in [-0.05, 0) is 49.3 Å². The molecule has 124 valence electrons. The largest absolute Gasteiger partial charge is 0.497 e. The van der Waals surface area contributed by atoms with Crippen LogP contribution >= 0.6 is 0 Å². The third kappa shape index (κ3) is 3.25. The highest BCUT2D eigenvalue weighted by molar-refractivity contribution is 5.93. The van der Waals surface area contributed by atoms with E-state index in [0.717, 1.165) is 42.8 Å². The number of carbonyl (C=O) groups is 1. The Morgan fingerprint density at radius 3 is 2.33 bits per heavy atom. The summed E-state index contributed by atoms with van der Waals surface area (Å²) < 4.78 is 5.21. The predicted octanol–water partition coefficient (Wildman–Crippen LogP) is 3.24. The number of hydrogen-bond acceptors (Lipinski definition) is 4. The molecule has 0 bridgehead atoms. The molecule has 0 aliphatic heterocycles. The molecule has 0 unspecified atom stereocenters. The minimum atomic E-state index is -0.106. The average Bonchev–Trinajstić information content (AvgIpc) is 3.51. The van der Waals surface area contributed by atoms with Crippen molar-refractivity contribution in [2.45, 2.75) is 37.6 Å². The Bertz CT molecular complexity index is 719. The van der Waals surface area contributed by atoms with E-state index in [-0.39, 0.29) is 11.9 Å². The van der Waals surface area contributed by atoms with Crippen LogP contribution in [-0.4, -0.2) is 23.0 Å². The Kier molecular flexibility index (Phi) is 3.92. The number of amides is 1. The summed E-state index contributed by atoms with van der Waals surface area (Å²) in [7, 11) is 1.65. The molecule has 1 aromatic carbocycles. The molecule has 1 heterocycles. The Balaban J connectivity index is 1.48. The van der Waals surface area contributed by atoms with Gasteiger partial charge in [0.2, 0.25) is 0 Å². The van der Waals surface area contributed by atoms with Crippen molar-refractivity contribution in [3.8, 4) is 5.75 Å². The van der Waals surface area contributed by atoms with E-state index in [1.807, 2.05) is 24.3 Å². The molecule has 2 aliphatic carbocycles. The van der Waals surface area contributed by atoms with Gasteiger partial charge in [-0.15, -0.1) is 0 Å². The first-order valence-corrected chi connectivity index (χ1v) is 8.51. The number of benzene rings is 1. The van der Waals surface area contributed by atoms with Crippen molar-refractivity contribution in [2.75, 3.05) is 7.11 Å². The van der Waals surface area contributed by atoms with Crippen LogP contribution in [0.25, 0.3) is 0 Å². The van der Waals surface area contributed by atoms with Crippen molar-refractivity contribution >= 4 is 5.91 Å². The molecular weight excluding hydrogens is 302 g/mol. The summed E-state index contributed by atoms with van der Waals surface area (Å²) in [5.41, 5.74) is 1.64. The van der Waals surface area contributed by atoms with Crippen molar-refractivity contribution in [1.29, 1.82) is 0 Å². The second kappa shape index (κ2) is 6.23. The second-order valence-corrected chi connectivity index (χ2v) is 6.67. The molecule has 1 N–H and O–H groups in total. The molecule has 4 rings (SSSR count). The van der Waals surface area contributed by atoms with Gasteiger partial charge in [-0.3, -0.25) is 4.79 Å². The standard InChI is InChI=1S/C19H21N3O2/c1-24-16-8-6-13(7-9-16)17(12-2-3-12)22-19(23)15-10-20-18(21-11-15)14-4-5-14/h6-12,14,17H,2-5H2,1H3,(H,22,23)/t17-/m1/s1. The van der Waals surface area contributed by atoms with E-state index >= 15 is 0 Å². The van der Waals surface area contributed by atoms with Crippen molar-refractivity contribution in [3.05, 3.63) is 53.6 Å².